The Labute approximate surface area is 127 Å². The number of carbonyl (C=O) groups excluding carboxylic acids is 1. The van der Waals surface area contributed by atoms with Gasteiger partial charge in [0.05, 0.1) is 4.47 Å². The van der Waals surface area contributed by atoms with Crippen LogP contribution >= 0.6 is 15.9 Å². The number of hydrogen-bond donors (Lipinski definition) is 0. The zero-order valence-electron chi connectivity index (χ0n) is 11.5. The minimum absolute atomic E-state index is 0.0959. The Kier molecular flexibility index (Phi) is 4.71. The zero-order valence-corrected chi connectivity index (χ0v) is 13.1. The summed E-state index contributed by atoms with van der Waals surface area (Å²) in [4.78, 5) is 12.3. The molecule has 0 bridgehead atoms. The summed E-state index contributed by atoms with van der Waals surface area (Å²) in [5, 5.41) is 0. The average Bonchev–Trinajstić information content (AvgIpc) is 2.48. The Bertz CT molecular complexity index is 619. The first-order chi connectivity index (χ1) is 9.52. The van der Waals surface area contributed by atoms with Crippen molar-refractivity contribution >= 4 is 21.7 Å². The molecule has 0 N–H and O–H groups in total. The largest absolute Gasteiger partial charge is 0.289 e. The van der Waals surface area contributed by atoms with Crippen LogP contribution in [0.15, 0.2) is 46.9 Å². The molecule has 0 saturated carbocycles. The number of halogens is 2. The van der Waals surface area contributed by atoms with Crippen LogP contribution in [0.5, 0.6) is 0 Å². The van der Waals surface area contributed by atoms with Gasteiger partial charge in [-0.25, -0.2) is 4.39 Å². The summed E-state index contributed by atoms with van der Waals surface area (Å²) in [5.74, 6) is 0.0224. The molecule has 0 aliphatic rings. The van der Waals surface area contributed by atoms with Gasteiger partial charge in [0.2, 0.25) is 0 Å². The summed E-state index contributed by atoms with van der Waals surface area (Å²) in [6.45, 7) is 4.30. The molecule has 20 heavy (non-hydrogen) atoms. The van der Waals surface area contributed by atoms with E-state index in [0.717, 1.165) is 6.42 Å². The van der Waals surface area contributed by atoms with Gasteiger partial charge in [0.15, 0.2) is 5.78 Å². The second kappa shape index (κ2) is 6.31. The molecule has 3 heteroatoms. The Balaban J connectivity index is 2.27. The highest BCUT2D eigenvalue weighted by Crippen LogP contribution is 2.22. The lowest BCUT2D eigenvalue weighted by Gasteiger charge is -2.09. The quantitative estimate of drug-likeness (QED) is 0.690. The van der Waals surface area contributed by atoms with Crippen LogP contribution in [0.2, 0.25) is 0 Å². The summed E-state index contributed by atoms with van der Waals surface area (Å²) < 4.78 is 13.5. The van der Waals surface area contributed by atoms with E-state index in [-0.39, 0.29) is 11.6 Å². The van der Waals surface area contributed by atoms with Crippen LogP contribution in [-0.4, -0.2) is 5.78 Å². The molecule has 104 valence electrons. The van der Waals surface area contributed by atoms with E-state index >= 15 is 0 Å². The van der Waals surface area contributed by atoms with Crippen molar-refractivity contribution in [2.75, 3.05) is 0 Å². The van der Waals surface area contributed by atoms with Crippen LogP contribution in [0.25, 0.3) is 0 Å². The van der Waals surface area contributed by atoms with E-state index in [2.05, 4.69) is 29.8 Å². The fourth-order valence-corrected chi connectivity index (χ4v) is 2.38. The van der Waals surface area contributed by atoms with Crippen molar-refractivity contribution in [3.63, 3.8) is 0 Å². The maximum Gasteiger partial charge on any atom is 0.193 e. The Morgan fingerprint density at radius 3 is 2.30 bits per heavy atom. The van der Waals surface area contributed by atoms with E-state index in [1.54, 1.807) is 0 Å². The molecular formula is C17H16BrFO. The van der Waals surface area contributed by atoms with Gasteiger partial charge in [0.25, 0.3) is 0 Å². The number of benzene rings is 2. The minimum atomic E-state index is -0.367. The van der Waals surface area contributed by atoms with E-state index in [1.165, 1.54) is 23.8 Å². The third-order valence-electron chi connectivity index (χ3n) is 3.54. The van der Waals surface area contributed by atoms with Crippen LogP contribution in [0.3, 0.4) is 0 Å². The number of ketones is 1. The van der Waals surface area contributed by atoms with E-state index in [4.69, 9.17) is 0 Å². The summed E-state index contributed by atoms with van der Waals surface area (Å²) in [6.07, 6.45) is 1.07. The van der Waals surface area contributed by atoms with Gasteiger partial charge in [-0.2, -0.15) is 0 Å². The van der Waals surface area contributed by atoms with Crippen LogP contribution in [0, 0.1) is 5.82 Å². The summed E-state index contributed by atoms with van der Waals surface area (Å²) >= 11 is 3.10. The van der Waals surface area contributed by atoms with Crippen molar-refractivity contribution < 1.29 is 9.18 Å². The van der Waals surface area contributed by atoms with Crippen LogP contribution in [0.1, 0.15) is 47.7 Å². The SMILES string of the molecule is CCC(C)c1ccc(C(=O)c2ccc(F)c(Br)c2)cc1. The molecule has 1 unspecified atom stereocenters. The van der Waals surface area contributed by atoms with Crippen molar-refractivity contribution in [1.29, 1.82) is 0 Å². The number of hydrogen-bond acceptors (Lipinski definition) is 1. The van der Waals surface area contributed by atoms with Crippen molar-refractivity contribution in [1.82, 2.24) is 0 Å². The maximum absolute atomic E-state index is 13.2. The van der Waals surface area contributed by atoms with Crippen molar-refractivity contribution in [2.24, 2.45) is 0 Å². The third kappa shape index (κ3) is 3.15. The molecule has 0 saturated heterocycles. The molecule has 0 aliphatic carbocycles. The molecule has 0 aromatic heterocycles. The Hall–Kier alpha value is -1.48. The molecule has 0 spiro atoms. The van der Waals surface area contributed by atoms with E-state index in [0.29, 0.717) is 21.5 Å². The highest BCUT2D eigenvalue weighted by atomic mass is 79.9. The molecule has 0 fully saturated rings. The van der Waals surface area contributed by atoms with E-state index in [1.807, 2.05) is 24.3 Å². The fraction of sp³-hybridized carbons (Fsp3) is 0.235. The van der Waals surface area contributed by atoms with Gasteiger partial charge < -0.3 is 0 Å². The molecule has 0 amide bonds. The van der Waals surface area contributed by atoms with Gasteiger partial charge >= 0.3 is 0 Å². The van der Waals surface area contributed by atoms with Crippen molar-refractivity contribution in [3.05, 3.63) is 69.4 Å². The van der Waals surface area contributed by atoms with E-state index in [9.17, 15) is 9.18 Å². The molecule has 2 rings (SSSR count). The van der Waals surface area contributed by atoms with E-state index < -0.39 is 0 Å². The Morgan fingerprint density at radius 1 is 1.15 bits per heavy atom. The molecule has 1 atom stereocenters. The van der Waals surface area contributed by atoms with Crippen LogP contribution < -0.4 is 0 Å². The molecule has 0 radical (unpaired) electrons. The normalized spacial score (nSPS) is 12.2. The zero-order chi connectivity index (χ0) is 14.7. The van der Waals surface area contributed by atoms with Crippen molar-refractivity contribution in [2.45, 2.75) is 26.2 Å². The molecular weight excluding hydrogens is 319 g/mol. The fourth-order valence-electron chi connectivity index (χ4n) is 2.00. The smallest absolute Gasteiger partial charge is 0.193 e. The summed E-state index contributed by atoms with van der Waals surface area (Å²) in [5.41, 5.74) is 2.33. The van der Waals surface area contributed by atoms with Crippen LogP contribution in [0.4, 0.5) is 4.39 Å². The molecule has 2 aromatic rings. The predicted molar refractivity (Wildman–Crippen MR) is 82.7 cm³/mol. The topological polar surface area (TPSA) is 17.1 Å². The molecule has 1 nitrogen and oxygen atoms in total. The number of rotatable bonds is 4. The molecule has 0 heterocycles. The Morgan fingerprint density at radius 2 is 1.75 bits per heavy atom. The van der Waals surface area contributed by atoms with Gasteiger partial charge in [-0.05, 0) is 52.0 Å². The highest BCUT2D eigenvalue weighted by Gasteiger charge is 2.12. The molecule has 2 aromatic carbocycles. The number of carbonyl (C=O) groups is 1. The van der Waals surface area contributed by atoms with Crippen molar-refractivity contribution in [3.8, 4) is 0 Å². The first-order valence-corrected chi connectivity index (χ1v) is 7.42. The lowest BCUT2D eigenvalue weighted by molar-refractivity contribution is 0.103. The minimum Gasteiger partial charge on any atom is -0.289 e. The monoisotopic (exact) mass is 334 g/mol. The maximum atomic E-state index is 13.2. The average molecular weight is 335 g/mol. The second-order valence-corrected chi connectivity index (χ2v) is 5.74. The molecule has 0 aliphatic heterocycles. The van der Waals surface area contributed by atoms with Gasteiger partial charge in [0.1, 0.15) is 5.82 Å². The van der Waals surface area contributed by atoms with Crippen LogP contribution in [-0.2, 0) is 0 Å². The van der Waals surface area contributed by atoms with Gasteiger partial charge in [0, 0.05) is 11.1 Å². The lowest BCUT2D eigenvalue weighted by atomic mass is 9.95. The first kappa shape index (κ1) is 14.9. The van der Waals surface area contributed by atoms with Gasteiger partial charge in [-0.15, -0.1) is 0 Å². The predicted octanol–water partition coefficient (Wildman–Crippen LogP) is 5.33. The highest BCUT2D eigenvalue weighted by molar-refractivity contribution is 9.10. The lowest BCUT2D eigenvalue weighted by Crippen LogP contribution is -2.02. The second-order valence-electron chi connectivity index (χ2n) is 4.89. The first-order valence-electron chi connectivity index (χ1n) is 6.62. The standard InChI is InChI=1S/C17H16BrFO/c1-3-11(2)12-4-6-13(7-5-12)17(20)14-8-9-16(19)15(18)10-14/h4-11H,3H2,1-2H3. The summed E-state index contributed by atoms with van der Waals surface area (Å²) in [6, 6.07) is 12.0. The third-order valence-corrected chi connectivity index (χ3v) is 4.14. The van der Waals surface area contributed by atoms with Gasteiger partial charge in [-0.1, -0.05) is 38.1 Å². The van der Waals surface area contributed by atoms with Gasteiger partial charge in [-0.3, -0.25) is 4.79 Å². The summed E-state index contributed by atoms with van der Waals surface area (Å²) in [7, 11) is 0.